The third-order valence-corrected chi connectivity index (χ3v) is 2.17. The molecule has 0 fully saturated rings. The van der Waals surface area contributed by atoms with Crippen molar-refractivity contribution in [3.05, 3.63) is 35.4 Å². The zero-order chi connectivity index (χ0) is 12.2. The van der Waals surface area contributed by atoms with Gasteiger partial charge in [-0.15, -0.1) is 0 Å². The minimum atomic E-state index is -4.20. The SMILES string of the molecule is CNC(=O)c1ccccc1CCC(F)(F)F. The molecule has 0 radical (unpaired) electrons. The van der Waals surface area contributed by atoms with E-state index < -0.39 is 12.6 Å². The highest BCUT2D eigenvalue weighted by molar-refractivity contribution is 5.95. The van der Waals surface area contributed by atoms with Gasteiger partial charge in [0.25, 0.3) is 5.91 Å². The fourth-order valence-electron chi connectivity index (χ4n) is 1.37. The fourth-order valence-corrected chi connectivity index (χ4v) is 1.37. The smallest absolute Gasteiger partial charge is 0.355 e. The number of hydrogen-bond donors (Lipinski definition) is 1. The van der Waals surface area contributed by atoms with E-state index >= 15 is 0 Å². The Hall–Kier alpha value is -1.52. The molecule has 0 aliphatic heterocycles. The van der Waals surface area contributed by atoms with Gasteiger partial charge in [-0.25, -0.2) is 0 Å². The van der Waals surface area contributed by atoms with Crippen LogP contribution in [0.15, 0.2) is 24.3 Å². The minimum absolute atomic E-state index is 0.174. The number of hydrogen-bond acceptors (Lipinski definition) is 1. The van der Waals surface area contributed by atoms with E-state index in [4.69, 9.17) is 0 Å². The second-order valence-corrected chi connectivity index (χ2v) is 3.35. The molecule has 0 spiro atoms. The first kappa shape index (κ1) is 12.5. The minimum Gasteiger partial charge on any atom is -0.355 e. The average Bonchev–Trinajstić information content (AvgIpc) is 2.25. The Bertz CT molecular complexity index is 374. The van der Waals surface area contributed by atoms with Crippen LogP contribution in [0, 0.1) is 0 Å². The summed E-state index contributed by atoms with van der Waals surface area (Å²) in [5, 5.41) is 2.40. The topological polar surface area (TPSA) is 29.1 Å². The van der Waals surface area contributed by atoms with Crippen LogP contribution >= 0.6 is 0 Å². The number of alkyl halides is 3. The van der Waals surface area contributed by atoms with Crippen LogP contribution in [-0.4, -0.2) is 19.1 Å². The van der Waals surface area contributed by atoms with Crippen LogP contribution in [0.3, 0.4) is 0 Å². The Morgan fingerprint density at radius 3 is 2.50 bits per heavy atom. The number of aryl methyl sites for hydroxylation is 1. The van der Waals surface area contributed by atoms with Crippen molar-refractivity contribution in [2.75, 3.05) is 7.05 Å². The molecule has 0 heterocycles. The molecule has 0 unspecified atom stereocenters. The van der Waals surface area contributed by atoms with E-state index in [0.717, 1.165) is 0 Å². The molecule has 0 aliphatic rings. The lowest BCUT2D eigenvalue weighted by atomic mass is 10.0. The third kappa shape index (κ3) is 3.56. The summed E-state index contributed by atoms with van der Waals surface area (Å²) in [6.45, 7) is 0. The molecule has 0 atom stereocenters. The number of benzene rings is 1. The summed E-state index contributed by atoms with van der Waals surface area (Å²) in [6.07, 6.45) is -5.29. The van der Waals surface area contributed by atoms with Crippen LogP contribution < -0.4 is 5.32 Å². The summed E-state index contributed by atoms with van der Waals surface area (Å²) in [6, 6.07) is 6.31. The van der Waals surface area contributed by atoms with E-state index in [2.05, 4.69) is 5.32 Å². The van der Waals surface area contributed by atoms with E-state index in [1.54, 1.807) is 12.1 Å². The number of nitrogens with one attached hydrogen (secondary N) is 1. The van der Waals surface area contributed by atoms with E-state index in [1.807, 2.05) is 0 Å². The predicted molar refractivity (Wildman–Crippen MR) is 54.2 cm³/mol. The van der Waals surface area contributed by atoms with Crippen LogP contribution in [0.25, 0.3) is 0 Å². The monoisotopic (exact) mass is 231 g/mol. The molecule has 0 aromatic heterocycles. The van der Waals surface area contributed by atoms with E-state index in [0.29, 0.717) is 11.1 Å². The highest BCUT2D eigenvalue weighted by atomic mass is 19.4. The van der Waals surface area contributed by atoms with Gasteiger partial charge < -0.3 is 5.32 Å². The van der Waals surface area contributed by atoms with Gasteiger partial charge in [-0.2, -0.15) is 13.2 Å². The van der Waals surface area contributed by atoms with Crippen molar-refractivity contribution >= 4 is 5.91 Å². The largest absolute Gasteiger partial charge is 0.389 e. The maximum Gasteiger partial charge on any atom is 0.389 e. The number of carbonyl (C=O) groups is 1. The normalized spacial score (nSPS) is 11.2. The van der Waals surface area contributed by atoms with Crippen LogP contribution in [0.5, 0.6) is 0 Å². The molecule has 5 heteroatoms. The summed E-state index contributed by atoms with van der Waals surface area (Å²) in [5.74, 6) is -0.363. The van der Waals surface area contributed by atoms with Crippen molar-refractivity contribution in [2.24, 2.45) is 0 Å². The van der Waals surface area contributed by atoms with Gasteiger partial charge in [0.2, 0.25) is 0 Å². The molecular weight excluding hydrogens is 219 g/mol. The van der Waals surface area contributed by atoms with Crippen molar-refractivity contribution in [2.45, 2.75) is 19.0 Å². The van der Waals surface area contributed by atoms with Crippen LogP contribution in [0.4, 0.5) is 13.2 Å². The molecule has 1 aromatic rings. The number of halogens is 3. The third-order valence-electron chi connectivity index (χ3n) is 2.17. The summed E-state index contributed by atoms with van der Waals surface area (Å²) in [5.41, 5.74) is 0.716. The van der Waals surface area contributed by atoms with Gasteiger partial charge in [0.1, 0.15) is 0 Å². The van der Waals surface area contributed by atoms with Crippen molar-refractivity contribution in [3.63, 3.8) is 0 Å². The molecule has 1 N–H and O–H groups in total. The number of amides is 1. The maximum absolute atomic E-state index is 12.1. The van der Waals surface area contributed by atoms with E-state index in [9.17, 15) is 18.0 Å². The Labute approximate surface area is 91.5 Å². The first-order valence-electron chi connectivity index (χ1n) is 4.81. The summed E-state index contributed by atoms with van der Waals surface area (Å²) in [4.78, 5) is 11.4. The second-order valence-electron chi connectivity index (χ2n) is 3.35. The summed E-state index contributed by atoms with van der Waals surface area (Å²) >= 11 is 0. The Morgan fingerprint density at radius 1 is 1.31 bits per heavy atom. The molecule has 88 valence electrons. The highest BCUT2D eigenvalue weighted by Crippen LogP contribution is 2.23. The van der Waals surface area contributed by atoms with E-state index in [1.165, 1.54) is 19.2 Å². The summed E-state index contributed by atoms with van der Waals surface area (Å²) in [7, 11) is 1.45. The van der Waals surface area contributed by atoms with Gasteiger partial charge in [0.05, 0.1) is 0 Å². The maximum atomic E-state index is 12.1. The zero-order valence-corrected chi connectivity index (χ0v) is 8.77. The van der Waals surface area contributed by atoms with Crippen LogP contribution in [-0.2, 0) is 6.42 Å². The molecule has 1 rings (SSSR count). The quantitative estimate of drug-likeness (QED) is 0.851. The first-order valence-corrected chi connectivity index (χ1v) is 4.81. The van der Waals surface area contributed by atoms with Gasteiger partial charge in [0.15, 0.2) is 0 Å². The molecular formula is C11H12F3NO. The van der Waals surface area contributed by atoms with Gasteiger partial charge >= 0.3 is 6.18 Å². The highest BCUT2D eigenvalue weighted by Gasteiger charge is 2.27. The number of rotatable bonds is 3. The van der Waals surface area contributed by atoms with Crippen LogP contribution in [0.1, 0.15) is 22.3 Å². The van der Waals surface area contributed by atoms with Gasteiger partial charge in [0, 0.05) is 19.0 Å². The Kier molecular flexibility index (Phi) is 3.93. The lowest BCUT2D eigenvalue weighted by Gasteiger charge is -2.09. The average molecular weight is 231 g/mol. The molecule has 1 aromatic carbocycles. The first-order chi connectivity index (χ1) is 7.44. The second kappa shape index (κ2) is 5.01. The lowest BCUT2D eigenvalue weighted by Crippen LogP contribution is -2.20. The molecule has 0 saturated carbocycles. The lowest BCUT2D eigenvalue weighted by molar-refractivity contribution is -0.134. The molecule has 2 nitrogen and oxygen atoms in total. The van der Waals surface area contributed by atoms with Gasteiger partial charge in [-0.05, 0) is 18.1 Å². The molecule has 0 aliphatic carbocycles. The molecule has 0 bridgehead atoms. The van der Waals surface area contributed by atoms with Crippen molar-refractivity contribution in [1.82, 2.24) is 5.32 Å². The Balaban J connectivity index is 2.83. The zero-order valence-electron chi connectivity index (χ0n) is 8.77. The molecule has 16 heavy (non-hydrogen) atoms. The van der Waals surface area contributed by atoms with Crippen LogP contribution in [0.2, 0.25) is 0 Å². The van der Waals surface area contributed by atoms with Gasteiger partial charge in [-0.1, -0.05) is 18.2 Å². The molecule has 0 saturated heterocycles. The fraction of sp³-hybridized carbons (Fsp3) is 0.364. The number of carbonyl (C=O) groups excluding carboxylic acids is 1. The van der Waals surface area contributed by atoms with Gasteiger partial charge in [-0.3, -0.25) is 4.79 Å². The van der Waals surface area contributed by atoms with E-state index in [-0.39, 0.29) is 12.3 Å². The van der Waals surface area contributed by atoms with Crippen molar-refractivity contribution in [3.8, 4) is 0 Å². The van der Waals surface area contributed by atoms with Crippen molar-refractivity contribution < 1.29 is 18.0 Å². The predicted octanol–water partition coefficient (Wildman–Crippen LogP) is 2.54. The Morgan fingerprint density at radius 2 is 1.94 bits per heavy atom. The standard InChI is InChI=1S/C11H12F3NO/c1-15-10(16)9-5-3-2-4-8(9)6-7-11(12,13)14/h2-5H,6-7H2,1H3,(H,15,16). The molecule has 1 amide bonds. The summed E-state index contributed by atoms with van der Waals surface area (Å²) < 4.78 is 36.2. The van der Waals surface area contributed by atoms with Crippen molar-refractivity contribution in [1.29, 1.82) is 0 Å².